The number of thiocarbonyl (C=S) groups is 1. The van der Waals surface area contributed by atoms with Gasteiger partial charge in [-0.05, 0) is 29.9 Å². The van der Waals surface area contributed by atoms with Crippen LogP contribution in [-0.2, 0) is 11.3 Å². The van der Waals surface area contributed by atoms with Gasteiger partial charge in [0.25, 0.3) is 5.91 Å². The van der Waals surface area contributed by atoms with E-state index < -0.39 is 5.91 Å². The molecule has 21 heavy (non-hydrogen) atoms. The molecule has 3 N–H and O–H groups in total. The number of amides is 1. The monoisotopic (exact) mass is 309 g/mol. The zero-order valence-electron chi connectivity index (χ0n) is 11.4. The summed E-state index contributed by atoms with van der Waals surface area (Å²) < 4.78 is 10.5. The van der Waals surface area contributed by atoms with Crippen LogP contribution in [0.15, 0.2) is 28.4 Å². The van der Waals surface area contributed by atoms with E-state index in [-0.39, 0.29) is 6.61 Å². The predicted octanol–water partition coefficient (Wildman–Crippen LogP) is 0.574. The lowest BCUT2D eigenvalue weighted by Crippen LogP contribution is -2.37. The first-order valence-corrected chi connectivity index (χ1v) is 6.51. The lowest BCUT2D eigenvalue weighted by molar-refractivity contribution is -0.119. The van der Waals surface area contributed by atoms with Crippen LogP contribution in [0, 0.1) is 0 Å². The van der Waals surface area contributed by atoms with E-state index in [9.17, 15) is 4.79 Å². The molecule has 1 aliphatic rings. The van der Waals surface area contributed by atoms with Crippen molar-refractivity contribution in [2.24, 2.45) is 16.0 Å². The van der Waals surface area contributed by atoms with Gasteiger partial charge in [-0.1, -0.05) is 6.07 Å². The topological polar surface area (TPSA) is 102 Å². The number of hydrazine groups is 1. The zero-order valence-corrected chi connectivity index (χ0v) is 12.2. The van der Waals surface area contributed by atoms with Crippen molar-refractivity contribution in [2.75, 3.05) is 20.4 Å². The number of methoxy groups -OCH3 is 1. The molecule has 1 aromatic rings. The number of nitrogens with zero attached hydrogens (tertiary/aromatic N) is 3. The average Bonchev–Trinajstić information content (AvgIpc) is 2.88. The SMILES string of the molecule is COc1cc(CNN2CN=NC2=S)ccc1OCC(N)=O. The van der Waals surface area contributed by atoms with Crippen molar-refractivity contribution in [1.82, 2.24) is 10.4 Å². The van der Waals surface area contributed by atoms with Crippen molar-refractivity contribution in [1.29, 1.82) is 0 Å². The Balaban J connectivity index is 1.97. The second-order valence-electron chi connectivity index (χ2n) is 4.17. The van der Waals surface area contributed by atoms with E-state index in [4.69, 9.17) is 27.4 Å². The Morgan fingerprint density at radius 1 is 1.52 bits per heavy atom. The molecule has 2 rings (SSSR count). The number of hydrogen-bond acceptors (Lipinski definition) is 6. The first-order chi connectivity index (χ1) is 10.1. The molecule has 0 atom stereocenters. The van der Waals surface area contributed by atoms with Gasteiger partial charge in [-0.25, -0.2) is 5.43 Å². The molecule has 9 heteroatoms. The molecule has 0 radical (unpaired) electrons. The zero-order chi connectivity index (χ0) is 15.2. The molecular weight excluding hydrogens is 294 g/mol. The van der Waals surface area contributed by atoms with Gasteiger partial charge < -0.3 is 15.2 Å². The minimum Gasteiger partial charge on any atom is -0.493 e. The number of hydrogen-bond donors (Lipinski definition) is 2. The van der Waals surface area contributed by atoms with E-state index >= 15 is 0 Å². The van der Waals surface area contributed by atoms with Crippen LogP contribution in [0.2, 0.25) is 0 Å². The van der Waals surface area contributed by atoms with Crippen LogP contribution in [0.5, 0.6) is 11.5 Å². The van der Waals surface area contributed by atoms with Crippen LogP contribution in [0.4, 0.5) is 0 Å². The van der Waals surface area contributed by atoms with Crippen LogP contribution < -0.4 is 20.6 Å². The van der Waals surface area contributed by atoms with Gasteiger partial charge >= 0.3 is 0 Å². The summed E-state index contributed by atoms with van der Waals surface area (Å²) in [6, 6.07) is 5.37. The summed E-state index contributed by atoms with van der Waals surface area (Å²) in [7, 11) is 1.52. The Labute approximate surface area is 126 Å². The van der Waals surface area contributed by atoms with E-state index in [1.165, 1.54) is 7.11 Å². The molecule has 0 unspecified atom stereocenters. The summed E-state index contributed by atoms with van der Waals surface area (Å²) in [5, 5.41) is 9.63. The van der Waals surface area contributed by atoms with Crippen molar-refractivity contribution in [3.8, 4) is 11.5 Å². The molecule has 0 aromatic heterocycles. The summed E-state index contributed by atoms with van der Waals surface area (Å²) in [6.07, 6.45) is 0. The Bertz CT molecular complexity index is 578. The number of nitrogens with two attached hydrogens (primary N) is 1. The molecule has 1 amide bonds. The van der Waals surface area contributed by atoms with Gasteiger partial charge in [-0.15, -0.1) is 5.11 Å². The largest absolute Gasteiger partial charge is 0.493 e. The first kappa shape index (κ1) is 15.1. The van der Waals surface area contributed by atoms with Crippen LogP contribution in [0.1, 0.15) is 5.56 Å². The summed E-state index contributed by atoms with van der Waals surface area (Å²) in [5.74, 6) is 0.438. The lowest BCUT2D eigenvalue weighted by atomic mass is 10.2. The second-order valence-corrected chi connectivity index (χ2v) is 4.53. The summed E-state index contributed by atoms with van der Waals surface area (Å²) in [5.41, 5.74) is 9.10. The number of carbonyl (C=O) groups excluding carboxylic acids is 1. The van der Waals surface area contributed by atoms with Crippen LogP contribution in [0.3, 0.4) is 0 Å². The average molecular weight is 309 g/mol. The van der Waals surface area contributed by atoms with Crippen LogP contribution >= 0.6 is 12.2 Å². The minimum absolute atomic E-state index is 0.195. The Morgan fingerprint density at radius 2 is 2.33 bits per heavy atom. The maximum Gasteiger partial charge on any atom is 0.255 e. The molecule has 0 spiro atoms. The fourth-order valence-corrected chi connectivity index (χ4v) is 1.84. The van der Waals surface area contributed by atoms with Gasteiger partial charge in [0.1, 0.15) is 6.67 Å². The fourth-order valence-electron chi connectivity index (χ4n) is 1.66. The van der Waals surface area contributed by atoms with E-state index in [2.05, 4.69) is 15.7 Å². The molecule has 0 aliphatic carbocycles. The Morgan fingerprint density at radius 3 is 2.95 bits per heavy atom. The Kier molecular flexibility index (Phi) is 5.01. The van der Waals surface area contributed by atoms with Crippen molar-refractivity contribution in [3.63, 3.8) is 0 Å². The van der Waals surface area contributed by atoms with Crippen molar-refractivity contribution >= 4 is 23.2 Å². The van der Waals surface area contributed by atoms with E-state index in [1.54, 1.807) is 17.1 Å². The first-order valence-electron chi connectivity index (χ1n) is 6.10. The van der Waals surface area contributed by atoms with Gasteiger partial charge in [-0.2, -0.15) is 5.11 Å². The van der Waals surface area contributed by atoms with Crippen molar-refractivity contribution in [3.05, 3.63) is 23.8 Å². The molecular formula is C12H15N5O3S. The summed E-state index contributed by atoms with van der Waals surface area (Å²) in [4.78, 5) is 10.7. The molecule has 0 saturated carbocycles. The minimum atomic E-state index is -0.544. The quantitative estimate of drug-likeness (QED) is 0.714. The smallest absolute Gasteiger partial charge is 0.255 e. The highest BCUT2D eigenvalue weighted by molar-refractivity contribution is 7.80. The Hall–Kier alpha value is -2.26. The number of azo groups is 1. The molecule has 1 aromatic carbocycles. The summed E-state index contributed by atoms with van der Waals surface area (Å²) >= 11 is 5.00. The maximum atomic E-state index is 10.7. The number of ether oxygens (including phenoxy) is 2. The van der Waals surface area contributed by atoms with Crippen LogP contribution in [-0.4, -0.2) is 36.4 Å². The van der Waals surface area contributed by atoms with Gasteiger partial charge in [0.15, 0.2) is 18.1 Å². The highest BCUT2D eigenvalue weighted by atomic mass is 32.1. The van der Waals surface area contributed by atoms with Crippen molar-refractivity contribution in [2.45, 2.75) is 6.54 Å². The van der Waals surface area contributed by atoms with Crippen molar-refractivity contribution < 1.29 is 14.3 Å². The molecule has 1 heterocycles. The molecule has 8 nitrogen and oxygen atoms in total. The molecule has 0 bridgehead atoms. The molecule has 1 aliphatic heterocycles. The number of nitrogens with one attached hydrogen (secondary N) is 1. The number of carbonyl (C=O) groups is 1. The third-order valence-electron chi connectivity index (χ3n) is 2.66. The van der Waals surface area contributed by atoms with Gasteiger partial charge in [-0.3, -0.25) is 9.80 Å². The summed E-state index contributed by atoms with van der Waals surface area (Å²) in [6.45, 7) is 0.729. The third-order valence-corrected chi connectivity index (χ3v) is 2.97. The lowest BCUT2D eigenvalue weighted by Gasteiger charge is -2.17. The van der Waals surface area contributed by atoms with Crippen LogP contribution in [0.25, 0.3) is 0 Å². The predicted molar refractivity (Wildman–Crippen MR) is 78.7 cm³/mol. The maximum absolute atomic E-state index is 10.7. The van der Waals surface area contributed by atoms with E-state index in [0.29, 0.717) is 29.8 Å². The van der Waals surface area contributed by atoms with Gasteiger partial charge in [0.2, 0.25) is 5.11 Å². The third kappa shape index (κ3) is 4.10. The highest BCUT2D eigenvalue weighted by Gasteiger charge is 2.14. The number of primary amides is 1. The second kappa shape index (κ2) is 6.95. The number of rotatable bonds is 7. The number of benzene rings is 1. The molecule has 112 valence electrons. The van der Waals surface area contributed by atoms with Gasteiger partial charge in [0, 0.05) is 6.54 Å². The highest BCUT2D eigenvalue weighted by Crippen LogP contribution is 2.28. The normalized spacial score (nSPS) is 13.6. The van der Waals surface area contributed by atoms with E-state index in [1.807, 2.05) is 6.07 Å². The standard InChI is InChI=1S/C12H15N5O3S/c1-19-10-4-8(2-3-9(10)20-6-11(13)18)5-15-17-7-14-16-12(17)21/h2-4,15H,5-7H2,1H3,(H2,13,18). The molecule has 0 fully saturated rings. The van der Waals surface area contributed by atoms with E-state index in [0.717, 1.165) is 5.56 Å². The fraction of sp³-hybridized carbons (Fsp3) is 0.333. The van der Waals surface area contributed by atoms with Gasteiger partial charge in [0.05, 0.1) is 7.11 Å². The molecule has 0 saturated heterocycles.